The summed E-state index contributed by atoms with van der Waals surface area (Å²) in [6.45, 7) is 45.2. The summed E-state index contributed by atoms with van der Waals surface area (Å²) >= 11 is 13.5. The van der Waals surface area contributed by atoms with Crippen molar-refractivity contribution in [3.63, 3.8) is 0 Å². The number of pyridine rings is 8. The largest absolute Gasteiger partial charge is 2.00 e. The summed E-state index contributed by atoms with van der Waals surface area (Å²) in [5.41, 5.74) is 12.3. The number of hydrogen-bond donors (Lipinski definition) is 1. The van der Waals surface area contributed by atoms with Gasteiger partial charge < -0.3 is 14.3 Å². The maximum atomic E-state index is 4.96. The van der Waals surface area contributed by atoms with Crippen molar-refractivity contribution in [1.29, 1.82) is 0 Å². The second-order valence-corrected chi connectivity index (χ2v) is 36.2. The van der Waals surface area contributed by atoms with Gasteiger partial charge in [-0.15, -0.1) is 12.1 Å². The molecule has 13 aromatic rings. The Morgan fingerprint density at radius 2 is 0.609 bits per heavy atom. The first-order valence-electron chi connectivity index (χ1n) is 35.7. The molecule has 0 aliphatic rings. The van der Waals surface area contributed by atoms with Gasteiger partial charge in [0.1, 0.15) is 18.4 Å². The zero-order valence-corrected chi connectivity index (χ0v) is 74.2. The van der Waals surface area contributed by atoms with Crippen LogP contribution in [0.4, 0.5) is 0 Å². The van der Waals surface area contributed by atoms with Gasteiger partial charge in [0.2, 0.25) is 0 Å². The van der Waals surface area contributed by atoms with E-state index in [1.807, 2.05) is 180 Å². The molecule has 0 unspecified atom stereocenters. The SMILES string of the molecule is Brc1cccc(Cc2cccc(Br)n2)n1.C.CC(C)(C)c1c[c-]n(-c2cccc(C(C)(C)c3cccc(-n4[c-]cc(C(C)(C)C)n4)n3)n2)n1.CC(C)(C)c1cc[nH]c1.CC(C)(C)c1ccn(-c2cccc(C(C)(C)c3cccc(-n4ccc(C(C)(C)C)n4)n3)n2)n1.CC(C)(c1cccc(Br)n1)c1cccc(Br)n1.[B].[Pd+2]. The molecule has 0 amide bonds. The average Bonchev–Trinajstić information content (AvgIpc) is 1.28. The Morgan fingerprint density at radius 3 is 0.873 bits per heavy atom. The third-order valence-electron chi connectivity index (χ3n) is 17.8. The van der Waals surface area contributed by atoms with Crippen LogP contribution in [-0.2, 0) is 70.2 Å². The van der Waals surface area contributed by atoms with Crippen molar-refractivity contribution in [2.24, 2.45) is 0 Å². The Labute approximate surface area is 701 Å². The van der Waals surface area contributed by atoms with Crippen LogP contribution in [0.5, 0.6) is 0 Å². The number of hydrogen-bond acceptors (Lipinski definition) is 12. The minimum Gasteiger partial charge on any atom is -0.367 e. The Balaban J connectivity index is 0.000000228. The Hall–Kier alpha value is -8.03. The first-order valence-corrected chi connectivity index (χ1v) is 38.9. The van der Waals surface area contributed by atoms with Crippen LogP contribution < -0.4 is 0 Å². The third kappa shape index (κ3) is 24.2. The van der Waals surface area contributed by atoms with Crippen molar-refractivity contribution in [2.75, 3.05) is 0 Å². The van der Waals surface area contributed by atoms with Crippen LogP contribution in [0.2, 0.25) is 0 Å². The summed E-state index contributed by atoms with van der Waals surface area (Å²) in [4.78, 5) is 40.6. The van der Waals surface area contributed by atoms with Crippen LogP contribution in [-0.4, -0.2) is 92.4 Å². The van der Waals surface area contributed by atoms with Crippen molar-refractivity contribution >= 4 is 72.1 Å². The molecule has 0 saturated heterocycles. The van der Waals surface area contributed by atoms with Gasteiger partial charge in [-0.1, -0.05) is 184 Å². The second-order valence-electron chi connectivity index (χ2n) is 33.0. The summed E-state index contributed by atoms with van der Waals surface area (Å²) in [5, 5.41) is 18.9. The van der Waals surface area contributed by atoms with Crippen LogP contribution in [0, 0.1) is 12.4 Å². The Morgan fingerprint density at radius 1 is 0.318 bits per heavy atom. The van der Waals surface area contributed by atoms with Gasteiger partial charge in [0, 0.05) is 89.5 Å². The Kier molecular flexibility index (Phi) is 31.0. The first-order chi connectivity index (χ1) is 50.0. The maximum absolute atomic E-state index is 4.96. The van der Waals surface area contributed by atoms with Crippen molar-refractivity contribution < 1.29 is 20.4 Å². The maximum Gasteiger partial charge on any atom is 2.00 e. The molecule has 0 bridgehead atoms. The van der Waals surface area contributed by atoms with Crippen LogP contribution in [0.3, 0.4) is 0 Å². The molecule has 110 heavy (non-hydrogen) atoms. The fraction of sp³-hybridized carbons (Fsp3) is 0.356. The van der Waals surface area contributed by atoms with E-state index in [-0.39, 0.29) is 63.3 Å². The molecule has 577 valence electrons. The molecule has 13 aromatic heterocycles. The summed E-state index contributed by atoms with van der Waals surface area (Å²) < 4.78 is 10.5. The summed E-state index contributed by atoms with van der Waals surface area (Å²) in [6, 6.07) is 57.8. The van der Waals surface area contributed by atoms with E-state index in [1.165, 1.54) is 5.56 Å². The van der Waals surface area contributed by atoms with E-state index in [0.29, 0.717) is 5.41 Å². The summed E-state index contributed by atoms with van der Waals surface area (Å²) in [5.74, 6) is 3.08. The van der Waals surface area contributed by atoms with Gasteiger partial charge in [0.25, 0.3) is 0 Å². The molecule has 17 nitrogen and oxygen atoms in total. The molecule has 0 aliphatic heterocycles. The number of nitrogens with one attached hydrogen (secondary N) is 1. The monoisotopic (exact) mass is 1820 g/mol. The molecule has 13 heterocycles. The number of nitrogens with zero attached hydrogens (tertiary/aromatic N) is 16. The van der Waals surface area contributed by atoms with Crippen LogP contribution >= 0.6 is 63.7 Å². The smallest absolute Gasteiger partial charge is 0.367 e. The van der Waals surface area contributed by atoms with Crippen LogP contribution in [0.25, 0.3) is 23.3 Å². The first kappa shape index (κ1) is 90.8. The molecule has 0 atom stereocenters. The molecule has 0 saturated carbocycles. The number of H-pyrrole nitrogens is 1. The number of aromatic nitrogens is 17. The van der Waals surface area contributed by atoms with Crippen molar-refractivity contribution in [2.45, 2.75) is 203 Å². The number of rotatable bonds is 12. The van der Waals surface area contributed by atoms with Gasteiger partial charge >= 0.3 is 20.4 Å². The molecule has 0 fully saturated rings. The van der Waals surface area contributed by atoms with Crippen molar-refractivity contribution in [3.8, 4) is 23.3 Å². The van der Waals surface area contributed by atoms with Crippen LogP contribution in [0.15, 0.2) is 219 Å². The molecule has 23 heteroatoms. The molecule has 0 aromatic carbocycles. The third-order valence-corrected chi connectivity index (χ3v) is 19.6. The van der Waals surface area contributed by atoms with E-state index in [2.05, 4.69) is 277 Å². The number of halogens is 4. The quantitative estimate of drug-likeness (QED) is 0.0693. The topological polar surface area (TPSA) is 190 Å². The van der Waals surface area contributed by atoms with Gasteiger partial charge in [-0.3, -0.25) is 20.2 Å². The molecule has 3 radical (unpaired) electrons. The molecular weight excluding hydrogens is 1720 g/mol. The average molecular weight is 1820 g/mol. The molecule has 1 N–H and O–H groups in total. The predicted octanol–water partition coefficient (Wildman–Crippen LogP) is 21.6. The predicted molar refractivity (Wildman–Crippen MR) is 457 cm³/mol. The van der Waals surface area contributed by atoms with Crippen molar-refractivity contribution in [3.05, 3.63) is 305 Å². The Bertz CT molecular complexity index is 4590. The standard InChI is InChI=1S/C27H34N6.C27H32N6.C13H12Br2N2.C11H8Br2N2.C8H13N.CH4.B.Pd/c2*1-25(2,3)19-15-17-32(30-19)23-13-9-11-21(28-23)27(7,8)22-12-10-14-24(29-22)33-18-16-20(31-33)26(4,5)6;1-13(2,9-5-3-7-11(14)16-9)10-6-4-8-12(15)17-10;12-10-5-1-3-8(14-10)7-9-4-2-6-11(13)15-9;1-8(2,3)7-4-5-9-6-7;;;/h9-18H,1-8H3;9-16H,1-8H3;3-8H,1-2H3;1-6H,7H2;4-6,9H,1-3H3;1H4;;/q;-2;;;;;;+2. The fourth-order valence-electron chi connectivity index (χ4n) is 10.8. The van der Waals surface area contributed by atoms with E-state index in [4.69, 9.17) is 40.3 Å². The molecule has 0 spiro atoms. The van der Waals surface area contributed by atoms with Gasteiger partial charge in [-0.25, -0.2) is 39.3 Å². The van der Waals surface area contributed by atoms with E-state index < -0.39 is 10.8 Å². The molecular formula is C87H103BBr4N17Pd. The van der Waals surface area contributed by atoms with E-state index in [0.717, 1.165) is 116 Å². The van der Waals surface area contributed by atoms with Crippen molar-refractivity contribution in [1.82, 2.24) is 84.0 Å². The van der Waals surface area contributed by atoms with Crippen LogP contribution in [0.1, 0.15) is 227 Å². The molecule has 13 rings (SSSR count). The number of aromatic amines is 1. The van der Waals surface area contributed by atoms with E-state index in [9.17, 15) is 0 Å². The van der Waals surface area contributed by atoms with E-state index >= 15 is 0 Å². The zero-order valence-electron chi connectivity index (χ0n) is 66.3. The second kappa shape index (κ2) is 37.5. The minimum atomic E-state index is -0.425. The van der Waals surface area contributed by atoms with Gasteiger partial charge in [-0.2, -0.15) is 10.2 Å². The van der Waals surface area contributed by atoms with Gasteiger partial charge in [0.15, 0.2) is 11.6 Å². The summed E-state index contributed by atoms with van der Waals surface area (Å²) in [6.07, 6.45) is 15.1. The molecule has 0 aliphatic carbocycles. The normalized spacial score (nSPS) is 11.9. The van der Waals surface area contributed by atoms with Gasteiger partial charge in [-0.05, 0) is 242 Å². The minimum absolute atomic E-state index is 0. The summed E-state index contributed by atoms with van der Waals surface area (Å²) in [7, 11) is 0. The van der Waals surface area contributed by atoms with E-state index in [1.54, 1.807) is 9.36 Å². The van der Waals surface area contributed by atoms with Gasteiger partial charge in [0.05, 0.1) is 45.8 Å². The fourth-order valence-corrected chi connectivity index (χ4v) is 12.3. The zero-order chi connectivity index (χ0) is 78.1.